The van der Waals surface area contributed by atoms with Crippen molar-refractivity contribution in [3.05, 3.63) is 30.0 Å². The van der Waals surface area contributed by atoms with E-state index < -0.39 is 11.9 Å². The van der Waals surface area contributed by atoms with Crippen molar-refractivity contribution in [2.24, 2.45) is 0 Å². The summed E-state index contributed by atoms with van der Waals surface area (Å²) in [5, 5.41) is 3.51. The molecule has 3 heterocycles. The van der Waals surface area contributed by atoms with Crippen LogP contribution in [0.4, 0.5) is 19.1 Å². The SMILES string of the molecule is COc1nc(N)nc(Cn2nc(C(F)(F)F)c3cnccc32)n1. The fraction of sp³-hybridized carbons (Fsp3) is 0.250. The molecule has 0 saturated heterocycles. The summed E-state index contributed by atoms with van der Waals surface area (Å²) in [6.07, 6.45) is -2.10. The largest absolute Gasteiger partial charge is 0.467 e. The third-order valence-corrected chi connectivity index (χ3v) is 2.97. The molecule has 0 unspecified atom stereocenters. The van der Waals surface area contributed by atoms with Crippen LogP contribution >= 0.6 is 0 Å². The summed E-state index contributed by atoms with van der Waals surface area (Å²) in [5.41, 5.74) is 4.75. The molecule has 23 heavy (non-hydrogen) atoms. The lowest BCUT2D eigenvalue weighted by Gasteiger charge is -2.05. The number of fused-ring (bicyclic) bond motifs is 1. The number of nitrogens with zero attached hydrogens (tertiary/aromatic N) is 6. The molecular weight excluding hydrogens is 315 g/mol. The number of nitrogens with two attached hydrogens (primary N) is 1. The Hall–Kier alpha value is -2.98. The standard InChI is InChI=1S/C12H10F3N7O/c1-23-11-19-8(18-10(16)20-11)5-22-7-2-3-17-4-6(7)9(21-22)12(13,14)15/h2-4H,5H2,1H3,(H2,16,18,19,20). The van der Waals surface area contributed by atoms with Crippen molar-refractivity contribution in [1.29, 1.82) is 0 Å². The third-order valence-electron chi connectivity index (χ3n) is 2.97. The molecule has 2 N–H and O–H groups in total. The van der Waals surface area contributed by atoms with Gasteiger partial charge in [0.05, 0.1) is 18.0 Å². The molecule has 3 rings (SSSR count). The van der Waals surface area contributed by atoms with Gasteiger partial charge in [-0.1, -0.05) is 0 Å². The lowest BCUT2D eigenvalue weighted by Crippen LogP contribution is -2.12. The van der Waals surface area contributed by atoms with Crippen LogP contribution in [0, 0.1) is 0 Å². The van der Waals surface area contributed by atoms with Gasteiger partial charge < -0.3 is 10.5 Å². The van der Waals surface area contributed by atoms with Crippen molar-refractivity contribution in [1.82, 2.24) is 29.7 Å². The summed E-state index contributed by atoms with van der Waals surface area (Å²) in [6, 6.07) is 1.40. The summed E-state index contributed by atoms with van der Waals surface area (Å²) in [4.78, 5) is 15.2. The van der Waals surface area contributed by atoms with Crippen molar-refractivity contribution in [2.75, 3.05) is 12.8 Å². The Morgan fingerprint density at radius 1 is 1.26 bits per heavy atom. The van der Waals surface area contributed by atoms with Gasteiger partial charge in [-0.2, -0.15) is 33.2 Å². The summed E-state index contributed by atoms with van der Waals surface area (Å²) in [5.74, 6) is 0.0327. The third kappa shape index (κ3) is 2.84. The number of hydrogen-bond donors (Lipinski definition) is 1. The Morgan fingerprint density at radius 2 is 2.04 bits per heavy atom. The van der Waals surface area contributed by atoms with E-state index in [4.69, 9.17) is 10.5 Å². The maximum atomic E-state index is 13.1. The van der Waals surface area contributed by atoms with Crippen molar-refractivity contribution < 1.29 is 17.9 Å². The van der Waals surface area contributed by atoms with Gasteiger partial charge in [0.25, 0.3) is 0 Å². The van der Waals surface area contributed by atoms with E-state index >= 15 is 0 Å². The van der Waals surface area contributed by atoms with E-state index in [0.29, 0.717) is 0 Å². The monoisotopic (exact) mass is 325 g/mol. The molecule has 120 valence electrons. The zero-order valence-electron chi connectivity index (χ0n) is 11.7. The minimum Gasteiger partial charge on any atom is -0.467 e. The first-order valence-electron chi connectivity index (χ1n) is 6.30. The van der Waals surface area contributed by atoms with E-state index in [2.05, 4.69) is 25.0 Å². The molecule has 3 aromatic rings. The lowest BCUT2D eigenvalue weighted by atomic mass is 10.2. The number of rotatable bonds is 3. The molecule has 3 aromatic heterocycles. The van der Waals surface area contributed by atoms with Crippen LogP contribution in [0.15, 0.2) is 18.5 Å². The average Bonchev–Trinajstić information content (AvgIpc) is 2.86. The van der Waals surface area contributed by atoms with Gasteiger partial charge >= 0.3 is 12.2 Å². The number of halogens is 3. The van der Waals surface area contributed by atoms with Gasteiger partial charge in [0.1, 0.15) is 6.54 Å². The minimum atomic E-state index is -4.59. The number of pyridine rings is 1. The molecule has 0 aliphatic rings. The van der Waals surface area contributed by atoms with E-state index in [1.54, 1.807) is 0 Å². The first kappa shape index (κ1) is 14.9. The summed E-state index contributed by atoms with van der Waals surface area (Å²) in [7, 11) is 1.34. The Balaban J connectivity index is 2.09. The van der Waals surface area contributed by atoms with Gasteiger partial charge in [-0.15, -0.1) is 0 Å². The van der Waals surface area contributed by atoms with Crippen LogP contribution in [-0.4, -0.2) is 36.8 Å². The molecule has 0 bridgehead atoms. The van der Waals surface area contributed by atoms with Gasteiger partial charge in [0.2, 0.25) is 5.95 Å². The average molecular weight is 325 g/mol. The van der Waals surface area contributed by atoms with Crippen molar-refractivity contribution >= 4 is 16.9 Å². The zero-order chi connectivity index (χ0) is 16.6. The van der Waals surface area contributed by atoms with Crippen LogP contribution in [0.2, 0.25) is 0 Å². The number of aromatic nitrogens is 6. The van der Waals surface area contributed by atoms with Gasteiger partial charge in [-0.25, -0.2) is 0 Å². The summed E-state index contributed by atoms with van der Waals surface area (Å²) in [6.45, 7) is -0.125. The highest BCUT2D eigenvalue weighted by Crippen LogP contribution is 2.33. The molecule has 0 amide bonds. The number of ether oxygens (including phenoxy) is 1. The number of alkyl halides is 3. The Bertz CT molecular complexity index is 861. The number of nitrogen functional groups attached to an aromatic ring is 1. The van der Waals surface area contributed by atoms with Crippen LogP contribution in [0.1, 0.15) is 11.5 Å². The van der Waals surface area contributed by atoms with E-state index in [9.17, 15) is 13.2 Å². The van der Waals surface area contributed by atoms with Gasteiger partial charge in [0, 0.05) is 12.4 Å². The van der Waals surface area contributed by atoms with Crippen molar-refractivity contribution in [3.63, 3.8) is 0 Å². The molecule has 0 radical (unpaired) electrons. The fourth-order valence-electron chi connectivity index (χ4n) is 2.06. The summed E-state index contributed by atoms with van der Waals surface area (Å²) >= 11 is 0. The van der Waals surface area contributed by atoms with E-state index in [0.717, 1.165) is 10.9 Å². The molecule has 0 fully saturated rings. The van der Waals surface area contributed by atoms with Crippen LogP contribution in [-0.2, 0) is 12.7 Å². The highest BCUT2D eigenvalue weighted by molar-refractivity contribution is 5.81. The predicted molar refractivity (Wildman–Crippen MR) is 72.4 cm³/mol. The number of anilines is 1. The Labute approximate surface area is 127 Å². The van der Waals surface area contributed by atoms with Gasteiger partial charge in [-0.05, 0) is 6.07 Å². The molecule has 11 heteroatoms. The first-order chi connectivity index (χ1) is 10.9. The lowest BCUT2D eigenvalue weighted by molar-refractivity contribution is -0.140. The molecule has 0 aromatic carbocycles. The summed E-state index contributed by atoms with van der Waals surface area (Å²) < 4.78 is 45.2. The zero-order valence-corrected chi connectivity index (χ0v) is 11.7. The molecular formula is C12H10F3N7O. The maximum Gasteiger partial charge on any atom is 0.435 e. The van der Waals surface area contributed by atoms with Crippen molar-refractivity contribution in [2.45, 2.75) is 12.7 Å². The number of methoxy groups -OCH3 is 1. The molecule has 0 spiro atoms. The Kier molecular flexibility index (Phi) is 3.47. The van der Waals surface area contributed by atoms with E-state index in [-0.39, 0.29) is 35.2 Å². The second-order valence-electron chi connectivity index (χ2n) is 4.49. The van der Waals surface area contributed by atoms with Crippen LogP contribution < -0.4 is 10.5 Å². The molecule has 0 atom stereocenters. The molecule has 0 aliphatic heterocycles. The highest BCUT2D eigenvalue weighted by atomic mass is 19.4. The quantitative estimate of drug-likeness (QED) is 0.773. The van der Waals surface area contributed by atoms with Gasteiger partial charge in [0.15, 0.2) is 11.5 Å². The second kappa shape index (κ2) is 5.34. The first-order valence-corrected chi connectivity index (χ1v) is 6.30. The van der Waals surface area contributed by atoms with E-state index in [1.807, 2.05) is 0 Å². The second-order valence-corrected chi connectivity index (χ2v) is 4.49. The van der Waals surface area contributed by atoms with E-state index in [1.165, 1.54) is 19.4 Å². The van der Waals surface area contributed by atoms with Gasteiger partial charge in [-0.3, -0.25) is 9.67 Å². The van der Waals surface area contributed by atoms with Crippen LogP contribution in [0.25, 0.3) is 10.9 Å². The number of hydrogen-bond acceptors (Lipinski definition) is 7. The Morgan fingerprint density at radius 3 is 2.74 bits per heavy atom. The maximum absolute atomic E-state index is 13.1. The van der Waals surface area contributed by atoms with Crippen molar-refractivity contribution in [3.8, 4) is 6.01 Å². The molecule has 8 nitrogen and oxygen atoms in total. The van der Waals surface area contributed by atoms with Crippen LogP contribution in [0.5, 0.6) is 6.01 Å². The minimum absolute atomic E-state index is 0.0262. The normalized spacial score (nSPS) is 11.8. The molecule has 0 saturated carbocycles. The van der Waals surface area contributed by atoms with Crippen LogP contribution in [0.3, 0.4) is 0 Å². The fourth-order valence-corrected chi connectivity index (χ4v) is 2.06. The topological polar surface area (TPSA) is 105 Å². The smallest absolute Gasteiger partial charge is 0.435 e. The predicted octanol–water partition coefficient (Wildman–Crippen LogP) is 1.27. The highest BCUT2D eigenvalue weighted by Gasteiger charge is 2.37. The molecule has 0 aliphatic carbocycles.